The van der Waals surface area contributed by atoms with Gasteiger partial charge in [0.15, 0.2) is 0 Å². The van der Waals surface area contributed by atoms with Gasteiger partial charge in [-0.1, -0.05) is 23.7 Å². The van der Waals surface area contributed by atoms with Crippen molar-refractivity contribution in [2.75, 3.05) is 7.11 Å². The molecule has 2 N–H and O–H groups in total. The van der Waals surface area contributed by atoms with Crippen LogP contribution in [-0.2, 0) is 0 Å². The Morgan fingerprint density at radius 2 is 1.91 bits per heavy atom. The highest BCUT2D eigenvalue weighted by molar-refractivity contribution is 6.31. The van der Waals surface area contributed by atoms with E-state index in [-0.39, 0.29) is 16.8 Å². The maximum absolute atomic E-state index is 12.4. The molecule has 0 fully saturated rings. The Bertz CT molecular complexity index is 1030. The molecule has 0 spiro atoms. The van der Waals surface area contributed by atoms with Crippen molar-refractivity contribution < 1.29 is 9.84 Å². The van der Waals surface area contributed by atoms with Crippen LogP contribution in [0.25, 0.3) is 22.0 Å². The zero-order chi connectivity index (χ0) is 16.6. The number of benzene rings is 2. The Morgan fingerprint density at radius 3 is 2.65 bits per heavy atom. The van der Waals surface area contributed by atoms with Crippen LogP contribution in [0.15, 0.2) is 52.1 Å². The molecule has 1 heterocycles. The third-order valence-electron chi connectivity index (χ3n) is 3.51. The van der Waals surface area contributed by atoms with Crippen molar-refractivity contribution in [1.29, 1.82) is 0 Å². The highest BCUT2D eigenvalue weighted by Gasteiger charge is 2.15. The molecule has 0 unspecified atom stereocenters. The summed E-state index contributed by atoms with van der Waals surface area (Å²) in [6, 6.07) is 11.2. The van der Waals surface area contributed by atoms with Crippen molar-refractivity contribution in [3.8, 4) is 22.6 Å². The molecule has 3 aromatic rings. The van der Waals surface area contributed by atoms with E-state index in [0.29, 0.717) is 21.7 Å². The quantitative estimate of drug-likeness (QED) is 0.708. The lowest BCUT2D eigenvalue weighted by Gasteiger charge is -2.05. The smallest absolute Gasteiger partial charge is 0.296 e. The first-order chi connectivity index (χ1) is 11.0. The number of ether oxygens (including phenoxy) is 1. The molecule has 2 aromatic carbocycles. The van der Waals surface area contributed by atoms with Crippen LogP contribution in [0.4, 0.5) is 0 Å². The van der Waals surface area contributed by atoms with Gasteiger partial charge in [0.05, 0.1) is 18.2 Å². The third-order valence-corrected chi connectivity index (χ3v) is 3.75. The number of rotatable bonds is 2. The zero-order valence-electron chi connectivity index (χ0n) is 12.1. The molecule has 0 saturated heterocycles. The first kappa shape index (κ1) is 15.1. The molecule has 23 heavy (non-hydrogen) atoms. The lowest BCUT2D eigenvalue weighted by Crippen LogP contribution is -2.24. The van der Waals surface area contributed by atoms with Gasteiger partial charge < -0.3 is 14.8 Å². The van der Waals surface area contributed by atoms with Crippen LogP contribution in [0, 0.1) is 0 Å². The molecule has 5 nitrogen and oxygen atoms in total. The van der Waals surface area contributed by atoms with Crippen molar-refractivity contribution in [2.24, 2.45) is 0 Å². The van der Waals surface area contributed by atoms with Gasteiger partial charge in [0, 0.05) is 10.4 Å². The summed E-state index contributed by atoms with van der Waals surface area (Å²) in [5.74, 6) is 0.227. The Hall–Kier alpha value is -2.79. The van der Waals surface area contributed by atoms with E-state index in [4.69, 9.17) is 16.3 Å². The number of halogens is 1. The summed E-state index contributed by atoms with van der Waals surface area (Å²) in [6.45, 7) is 0. The van der Waals surface area contributed by atoms with E-state index >= 15 is 0 Å². The Morgan fingerprint density at radius 1 is 1.13 bits per heavy atom. The molecule has 1 aromatic heterocycles. The van der Waals surface area contributed by atoms with Crippen LogP contribution in [0.5, 0.6) is 11.5 Å². The van der Waals surface area contributed by atoms with E-state index < -0.39 is 11.0 Å². The Labute approximate surface area is 135 Å². The summed E-state index contributed by atoms with van der Waals surface area (Å²) in [5, 5.41) is 11.3. The number of nitrogens with one attached hydrogen (secondary N) is 1. The largest absolute Gasteiger partial charge is 0.506 e. The highest BCUT2D eigenvalue weighted by atomic mass is 35.5. The van der Waals surface area contributed by atoms with Gasteiger partial charge in [0.2, 0.25) is 0 Å². The van der Waals surface area contributed by atoms with Crippen LogP contribution in [-0.4, -0.2) is 17.2 Å². The van der Waals surface area contributed by atoms with Crippen molar-refractivity contribution in [3.05, 3.63) is 68.1 Å². The molecular formula is C17H12ClNO4. The maximum atomic E-state index is 12.4. The van der Waals surface area contributed by atoms with E-state index in [2.05, 4.69) is 4.98 Å². The second-order valence-electron chi connectivity index (χ2n) is 4.93. The normalized spacial score (nSPS) is 10.7. The first-order valence-electron chi connectivity index (χ1n) is 6.74. The number of H-pyrrole nitrogens is 1. The molecule has 3 rings (SSSR count). The maximum Gasteiger partial charge on any atom is 0.296 e. The van der Waals surface area contributed by atoms with E-state index in [9.17, 15) is 14.7 Å². The molecule has 0 atom stereocenters. The van der Waals surface area contributed by atoms with Gasteiger partial charge in [-0.2, -0.15) is 0 Å². The Balaban J connectivity index is 2.48. The average molecular weight is 330 g/mol. The van der Waals surface area contributed by atoms with Crippen LogP contribution >= 0.6 is 11.6 Å². The molecule has 116 valence electrons. The molecule has 0 aliphatic rings. The van der Waals surface area contributed by atoms with Gasteiger partial charge in [-0.25, -0.2) is 0 Å². The summed E-state index contributed by atoms with van der Waals surface area (Å²) >= 11 is 5.90. The molecular weight excluding hydrogens is 318 g/mol. The summed E-state index contributed by atoms with van der Waals surface area (Å²) in [7, 11) is 1.49. The third kappa shape index (κ3) is 2.66. The monoisotopic (exact) mass is 329 g/mol. The van der Waals surface area contributed by atoms with Crippen LogP contribution in [0.2, 0.25) is 5.02 Å². The van der Waals surface area contributed by atoms with Crippen molar-refractivity contribution in [1.82, 2.24) is 4.98 Å². The minimum atomic E-state index is -0.838. The van der Waals surface area contributed by atoms with Crippen LogP contribution < -0.4 is 15.7 Å². The standard InChI is InChI=1S/C17H12ClNO4/c1-23-11-4-2-3-9(7-11)14-15(20)12-6-5-10(18)8-13(12)19-17(22)16(14)21/h2-8,20H,1H3,(H,19,21,22). The average Bonchev–Trinajstić information content (AvgIpc) is 2.63. The lowest BCUT2D eigenvalue weighted by molar-refractivity contribution is 0.415. The Kier molecular flexibility index (Phi) is 3.80. The van der Waals surface area contributed by atoms with E-state index in [1.165, 1.54) is 13.2 Å². The van der Waals surface area contributed by atoms with E-state index in [1.54, 1.807) is 36.4 Å². The number of fused-ring (bicyclic) bond motifs is 1. The fraction of sp³-hybridized carbons (Fsp3) is 0.0588. The fourth-order valence-corrected chi connectivity index (χ4v) is 2.58. The first-order valence-corrected chi connectivity index (χ1v) is 7.12. The number of aromatic nitrogens is 1. The zero-order valence-corrected chi connectivity index (χ0v) is 12.8. The predicted molar refractivity (Wildman–Crippen MR) is 89.5 cm³/mol. The molecule has 6 heteroatoms. The molecule has 0 aliphatic carbocycles. The van der Waals surface area contributed by atoms with Crippen molar-refractivity contribution in [2.45, 2.75) is 0 Å². The summed E-state index contributed by atoms with van der Waals surface area (Å²) in [6.07, 6.45) is 0. The van der Waals surface area contributed by atoms with E-state index in [0.717, 1.165) is 0 Å². The van der Waals surface area contributed by atoms with Crippen molar-refractivity contribution >= 4 is 22.5 Å². The highest BCUT2D eigenvalue weighted by Crippen LogP contribution is 2.32. The lowest BCUT2D eigenvalue weighted by atomic mass is 10.0. The van der Waals surface area contributed by atoms with Gasteiger partial charge in [-0.3, -0.25) is 9.59 Å². The predicted octanol–water partition coefficient (Wildman–Crippen LogP) is 2.92. The SMILES string of the molecule is COc1cccc(-c2c(O)c3ccc(Cl)cc3[nH]c(=O)c2=O)c1. The molecule has 0 saturated carbocycles. The number of methoxy groups -OCH3 is 1. The molecule has 0 amide bonds. The number of hydrogen-bond donors (Lipinski definition) is 2. The molecule has 0 radical (unpaired) electrons. The van der Waals surface area contributed by atoms with Gasteiger partial charge in [-0.05, 0) is 35.9 Å². The summed E-state index contributed by atoms with van der Waals surface area (Å²) < 4.78 is 5.13. The van der Waals surface area contributed by atoms with Crippen molar-refractivity contribution in [3.63, 3.8) is 0 Å². The van der Waals surface area contributed by atoms with Gasteiger partial charge in [0.25, 0.3) is 11.0 Å². The number of aromatic amines is 1. The van der Waals surface area contributed by atoms with Gasteiger partial charge >= 0.3 is 0 Å². The fourth-order valence-electron chi connectivity index (χ4n) is 2.41. The second kappa shape index (κ2) is 5.78. The second-order valence-corrected chi connectivity index (χ2v) is 5.37. The molecule has 0 bridgehead atoms. The van der Waals surface area contributed by atoms with Crippen LogP contribution in [0.3, 0.4) is 0 Å². The number of aromatic hydroxyl groups is 1. The molecule has 0 aliphatic heterocycles. The minimum Gasteiger partial charge on any atom is -0.506 e. The van der Waals surface area contributed by atoms with Gasteiger partial charge in [-0.15, -0.1) is 0 Å². The van der Waals surface area contributed by atoms with Gasteiger partial charge in [0.1, 0.15) is 11.5 Å². The number of hydrogen-bond acceptors (Lipinski definition) is 4. The summed E-state index contributed by atoms with van der Waals surface area (Å²) in [4.78, 5) is 27.0. The topological polar surface area (TPSA) is 79.4 Å². The minimum absolute atomic E-state index is 0.0810. The van der Waals surface area contributed by atoms with E-state index in [1.807, 2.05) is 0 Å². The van der Waals surface area contributed by atoms with Crippen LogP contribution in [0.1, 0.15) is 0 Å². The summed E-state index contributed by atoms with van der Waals surface area (Å²) in [5.41, 5.74) is -1.07.